The SMILES string of the molecule is CN(C)S(=O)(=O)c1cccc(C(=O)OCC(=O)N2CCC(Cc3ccccc3)CC2)c1. The molecule has 1 fully saturated rings. The molecule has 1 saturated heterocycles. The van der Waals surface area contributed by atoms with E-state index in [9.17, 15) is 18.0 Å². The number of carbonyl (C=O) groups is 2. The largest absolute Gasteiger partial charge is 0.452 e. The second-order valence-corrected chi connectivity index (χ2v) is 10.1. The van der Waals surface area contributed by atoms with E-state index in [2.05, 4.69) is 12.1 Å². The molecule has 166 valence electrons. The van der Waals surface area contributed by atoms with Crippen LogP contribution in [0.15, 0.2) is 59.5 Å². The zero-order valence-corrected chi connectivity index (χ0v) is 18.7. The summed E-state index contributed by atoms with van der Waals surface area (Å²) in [4.78, 5) is 26.5. The van der Waals surface area contributed by atoms with Gasteiger partial charge in [-0.15, -0.1) is 0 Å². The molecule has 1 aliphatic heterocycles. The fourth-order valence-electron chi connectivity index (χ4n) is 3.63. The lowest BCUT2D eigenvalue weighted by atomic mass is 9.90. The van der Waals surface area contributed by atoms with E-state index in [4.69, 9.17) is 4.74 Å². The fourth-order valence-corrected chi connectivity index (χ4v) is 4.58. The number of likely N-dealkylation sites (tertiary alicyclic amines) is 1. The third-order valence-corrected chi connectivity index (χ3v) is 7.32. The lowest BCUT2D eigenvalue weighted by molar-refractivity contribution is -0.135. The van der Waals surface area contributed by atoms with Crippen LogP contribution >= 0.6 is 0 Å². The van der Waals surface area contributed by atoms with Crippen LogP contribution in [0.3, 0.4) is 0 Å². The van der Waals surface area contributed by atoms with Gasteiger partial charge in [0.05, 0.1) is 10.5 Å². The summed E-state index contributed by atoms with van der Waals surface area (Å²) >= 11 is 0. The molecule has 2 aromatic rings. The normalized spacial score (nSPS) is 15.1. The van der Waals surface area contributed by atoms with Crippen LogP contribution < -0.4 is 0 Å². The molecular weight excluding hydrogens is 416 g/mol. The summed E-state index contributed by atoms with van der Waals surface area (Å²) in [5.74, 6) is -0.415. The lowest BCUT2D eigenvalue weighted by Gasteiger charge is -2.32. The van der Waals surface area contributed by atoms with Crippen LogP contribution in [-0.4, -0.2) is 63.3 Å². The van der Waals surface area contributed by atoms with Gasteiger partial charge in [-0.3, -0.25) is 4.79 Å². The minimum absolute atomic E-state index is 0.00114. The van der Waals surface area contributed by atoms with Crippen molar-refractivity contribution in [1.82, 2.24) is 9.21 Å². The molecule has 1 aliphatic rings. The van der Waals surface area contributed by atoms with Crippen molar-refractivity contribution in [3.05, 3.63) is 65.7 Å². The molecule has 7 nitrogen and oxygen atoms in total. The molecule has 1 amide bonds. The number of esters is 1. The third-order valence-electron chi connectivity index (χ3n) is 5.51. The van der Waals surface area contributed by atoms with Gasteiger partial charge in [0, 0.05) is 27.2 Å². The average molecular weight is 445 g/mol. The molecule has 0 saturated carbocycles. The molecule has 0 aromatic heterocycles. The van der Waals surface area contributed by atoms with Crippen molar-refractivity contribution in [2.75, 3.05) is 33.8 Å². The summed E-state index contributed by atoms with van der Waals surface area (Å²) in [6, 6.07) is 15.9. The molecule has 0 aliphatic carbocycles. The number of carbonyl (C=O) groups excluding carboxylic acids is 2. The Hall–Kier alpha value is -2.71. The molecule has 0 radical (unpaired) electrons. The smallest absolute Gasteiger partial charge is 0.338 e. The van der Waals surface area contributed by atoms with Crippen molar-refractivity contribution in [1.29, 1.82) is 0 Å². The molecular formula is C23H28N2O5S. The van der Waals surface area contributed by atoms with E-state index in [1.807, 2.05) is 18.2 Å². The number of rotatable bonds is 7. The van der Waals surface area contributed by atoms with Gasteiger partial charge < -0.3 is 9.64 Å². The van der Waals surface area contributed by atoms with E-state index in [1.165, 1.54) is 43.9 Å². The molecule has 0 atom stereocenters. The second kappa shape index (κ2) is 10.1. The van der Waals surface area contributed by atoms with Gasteiger partial charge in [-0.1, -0.05) is 36.4 Å². The molecule has 0 unspecified atom stereocenters. The highest BCUT2D eigenvalue weighted by Gasteiger charge is 2.24. The maximum atomic E-state index is 12.5. The van der Waals surface area contributed by atoms with Gasteiger partial charge in [-0.2, -0.15) is 0 Å². The zero-order valence-electron chi connectivity index (χ0n) is 17.9. The Morgan fingerprint density at radius 2 is 1.71 bits per heavy atom. The topological polar surface area (TPSA) is 84.0 Å². The predicted octanol–water partition coefficient (Wildman–Crippen LogP) is 2.58. The van der Waals surface area contributed by atoms with Crippen LogP contribution in [0.1, 0.15) is 28.8 Å². The lowest BCUT2D eigenvalue weighted by Crippen LogP contribution is -2.41. The van der Waals surface area contributed by atoms with E-state index in [1.54, 1.807) is 4.90 Å². The number of hydrogen-bond donors (Lipinski definition) is 0. The second-order valence-electron chi connectivity index (χ2n) is 7.91. The number of nitrogens with zero attached hydrogens (tertiary/aromatic N) is 2. The summed E-state index contributed by atoms with van der Waals surface area (Å²) in [6.45, 7) is 0.932. The fraction of sp³-hybridized carbons (Fsp3) is 0.391. The van der Waals surface area contributed by atoms with Crippen molar-refractivity contribution in [3.63, 3.8) is 0 Å². The predicted molar refractivity (Wildman–Crippen MR) is 117 cm³/mol. The number of benzene rings is 2. The van der Waals surface area contributed by atoms with Crippen LogP contribution in [0.25, 0.3) is 0 Å². The third kappa shape index (κ3) is 5.92. The maximum absolute atomic E-state index is 12.5. The maximum Gasteiger partial charge on any atom is 0.338 e. The molecule has 3 rings (SSSR count). The first-order chi connectivity index (χ1) is 14.8. The summed E-state index contributed by atoms with van der Waals surface area (Å²) in [5, 5.41) is 0. The van der Waals surface area contributed by atoms with Crippen molar-refractivity contribution in [2.45, 2.75) is 24.2 Å². The first kappa shape index (κ1) is 23.0. The zero-order chi connectivity index (χ0) is 22.4. The number of amides is 1. The Labute approximate surface area is 183 Å². The van der Waals surface area contributed by atoms with Crippen LogP contribution in [0.2, 0.25) is 0 Å². The summed E-state index contributed by atoms with van der Waals surface area (Å²) in [7, 11) is -0.822. The van der Waals surface area contributed by atoms with Crippen LogP contribution in [0.5, 0.6) is 0 Å². The highest BCUT2D eigenvalue weighted by molar-refractivity contribution is 7.89. The molecule has 0 bridgehead atoms. The molecule has 0 spiro atoms. The Morgan fingerprint density at radius 3 is 2.35 bits per heavy atom. The Bertz CT molecular complexity index is 1010. The Kier molecular flexibility index (Phi) is 7.46. The summed E-state index contributed by atoms with van der Waals surface area (Å²) in [6.07, 6.45) is 2.84. The molecule has 1 heterocycles. The van der Waals surface area contributed by atoms with Crippen LogP contribution in [0.4, 0.5) is 0 Å². The standard InChI is InChI=1S/C23H28N2O5S/c1-24(2)31(28,29)21-10-6-9-20(16-21)23(27)30-17-22(26)25-13-11-19(12-14-25)15-18-7-4-3-5-8-18/h3-10,16,19H,11-15,17H2,1-2H3. The quantitative estimate of drug-likeness (QED) is 0.613. The number of sulfonamides is 1. The Morgan fingerprint density at radius 1 is 1.03 bits per heavy atom. The van der Waals surface area contributed by atoms with Gasteiger partial charge in [0.2, 0.25) is 10.0 Å². The molecule has 0 N–H and O–H groups in total. The number of ether oxygens (including phenoxy) is 1. The van der Waals surface area contributed by atoms with E-state index in [0.29, 0.717) is 19.0 Å². The average Bonchev–Trinajstić information content (AvgIpc) is 2.78. The van der Waals surface area contributed by atoms with Gasteiger partial charge in [-0.05, 0) is 48.9 Å². The van der Waals surface area contributed by atoms with Crippen molar-refractivity contribution in [3.8, 4) is 0 Å². The molecule has 31 heavy (non-hydrogen) atoms. The minimum atomic E-state index is -3.66. The summed E-state index contributed by atoms with van der Waals surface area (Å²) in [5.41, 5.74) is 1.40. The molecule has 8 heteroatoms. The van der Waals surface area contributed by atoms with Crippen molar-refractivity contribution >= 4 is 21.9 Å². The van der Waals surface area contributed by atoms with Crippen LogP contribution in [-0.2, 0) is 26.0 Å². The van der Waals surface area contributed by atoms with Crippen LogP contribution in [0, 0.1) is 5.92 Å². The van der Waals surface area contributed by atoms with Gasteiger partial charge in [0.15, 0.2) is 6.61 Å². The van der Waals surface area contributed by atoms with Gasteiger partial charge in [-0.25, -0.2) is 17.5 Å². The van der Waals surface area contributed by atoms with E-state index < -0.39 is 16.0 Å². The van der Waals surface area contributed by atoms with Gasteiger partial charge >= 0.3 is 5.97 Å². The Balaban J connectivity index is 1.49. The molecule has 2 aromatic carbocycles. The number of piperidine rings is 1. The van der Waals surface area contributed by atoms with Crippen molar-refractivity contribution < 1.29 is 22.7 Å². The highest BCUT2D eigenvalue weighted by atomic mass is 32.2. The highest BCUT2D eigenvalue weighted by Crippen LogP contribution is 2.22. The van der Waals surface area contributed by atoms with E-state index >= 15 is 0 Å². The first-order valence-electron chi connectivity index (χ1n) is 10.3. The monoisotopic (exact) mass is 444 g/mol. The van der Waals surface area contributed by atoms with E-state index in [0.717, 1.165) is 23.6 Å². The van der Waals surface area contributed by atoms with Crippen molar-refractivity contribution in [2.24, 2.45) is 5.92 Å². The first-order valence-corrected chi connectivity index (χ1v) is 11.7. The van der Waals surface area contributed by atoms with E-state index in [-0.39, 0.29) is 23.0 Å². The van der Waals surface area contributed by atoms with Gasteiger partial charge in [0.25, 0.3) is 5.91 Å². The van der Waals surface area contributed by atoms with Gasteiger partial charge in [0.1, 0.15) is 0 Å². The summed E-state index contributed by atoms with van der Waals surface area (Å²) < 4.78 is 30.7. The number of hydrogen-bond acceptors (Lipinski definition) is 5. The minimum Gasteiger partial charge on any atom is -0.452 e.